The van der Waals surface area contributed by atoms with Crippen LogP contribution in [0.5, 0.6) is 0 Å². The lowest BCUT2D eigenvalue weighted by Crippen LogP contribution is -2.48. The molecule has 0 unspecified atom stereocenters. The number of aliphatic hydroxyl groups is 1. The van der Waals surface area contributed by atoms with Crippen LogP contribution in [-0.2, 0) is 4.43 Å². The van der Waals surface area contributed by atoms with Crippen molar-refractivity contribution in [1.29, 1.82) is 0 Å². The van der Waals surface area contributed by atoms with Gasteiger partial charge >= 0.3 is 0 Å². The molecule has 0 aromatic rings. The summed E-state index contributed by atoms with van der Waals surface area (Å²) in [5.74, 6) is 2.36. The van der Waals surface area contributed by atoms with Crippen molar-refractivity contribution in [2.45, 2.75) is 104 Å². The second-order valence-electron chi connectivity index (χ2n) is 8.93. The van der Waals surface area contributed by atoms with Crippen molar-refractivity contribution in [2.75, 3.05) is 6.61 Å². The second-order valence-corrected chi connectivity index (χ2v) is 13.7. The molecule has 0 heterocycles. The SMILES string of the molecule is CC[Si](CC)(CC)O[C@H]1CCC[C@]2(C)[C@@H]([C@H](C)CCCO)CC[C@@H]12. The zero-order valence-electron chi connectivity index (χ0n) is 16.9. The van der Waals surface area contributed by atoms with Crippen LogP contribution < -0.4 is 0 Å². The lowest BCUT2D eigenvalue weighted by atomic mass is 9.61. The van der Waals surface area contributed by atoms with Crippen molar-refractivity contribution in [3.05, 3.63) is 0 Å². The Hall–Kier alpha value is 0.137. The van der Waals surface area contributed by atoms with Crippen molar-refractivity contribution >= 4 is 8.32 Å². The fraction of sp³-hybridized carbons (Fsp3) is 1.00. The quantitative estimate of drug-likeness (QED) is 0.514. The molecular formula is C21H42O2Si. The fourth-order valence-corrected chi connectivity index (χ4v) is 9.10. The first-order valence-corrected chi connectivity index (χ1v) is 13.3. The molecule has 2 saturated carbocycles. The van der Waals surface area contributed by atoms with Gasteiger partial charge in [0.05, 0.1) is 0 Å². The zero-order chi connectivity index (χ0) is 17.8. The molecule has 2 fully saturated rings. The molecule has 0 aromatic carbocycles. The van der Waals surface area contributed by atoms with Gasteiger partial charge in [-0.3, -0.25) is 0 Å². The van der Waals surface area contributed by atoms with Gasteiger partial charge in [0.25, 0.3) is 0 Å². The average Bonchev–Trinajstić information content (AvgIpc) is 2.95. The lowest BCUT2D eigenvalue weighted by molar-refractivity contribution is -0.0206. The third kappa shape index (κ3) is 3.93. The third-order valence-electron chi connectivity index (χ3n) is 7.97. The van der Waals surface area contributed by atoms with E-state index in [1.165, 1.54) is 56.7 Å². The Balaban J connectivity index is 2.11. The minimum absolute atomic E-state index is 0.348. The smallest absolute Gasteiger partial charge is 0.192 e. The number of hydrogen-bond acceptors (Lipinski definition) is 2. The molecule has 3 heteroatoms. The van der Waals surface area contributed by atoms with Crippen molar-refractivity contribution in [2.24, 2.45) is 23.2 Å². The van der Waals surface area contributed by atoms with Gasteiger partial charge in [-0.15, -0.1) is 0 Å². The predicted octanol–water partition coefficient (Wildman–Crippen LogP) is 6.00. The van der Waals surface area contributed by atoms with Crippen LogP contribution in [0, 0.1) is 23.2 Å². The molecule has 1 N–H and O–H groups in total. The molecule has 0 spiro atoms. The van der Waals surface area contributed by atoms with Gasteiger partial charge in [-0.1, -0.05) is 41.0 Å². The van der Waals surface area contributed by atoms with E-state index in [1.54, 1.807) is 0 Å². The van der Waals surface area contributed by atoms with Crippen LogP contribution in [0.3, 0.4) is 0 Å². The van der Waals surface area contributed by atoms with Gasteiger partial charge in [-0.2, -0.15) is 0 Å². The molecule has 142 valence electrons. The molecule has 0 saturated heterocycles. The molecule has 2 rings (SSSR count). The van der Waals surface area contributed by atoms with E-state index in [1.807, 2.05) is 0 Å². The van der Waals surface area contributed by atoms with Crippen molar-refractivity contribution < 1.29 is 9.53 Å². The van der Waals surface area contributed by atoms with Gasteiger partial charge < -0.3 is 9.53 Å². The molecule has 2 aliphatic rings. The number of hydrogen-bond donors (Lipinski definition) is 1. The van der Waals surface area contributed by atoms with Gasteiger partial charge in [0.15, 0.2) is 8.32 Å². The molecule has 24 heavy (non-hydrogen) atoms. The number of aliphatic hydroxyl groups excluding tert-OH is 1. The van der Waals surface area contributed by atoms with Crippen molar-refractivity contribution in [3.8, 4) is 0 Å². The topological polar surface area (TPSA) is 29.5 Å². The Labute approximate surface area is 151 Å². The highest BCUT2D eigenvalue weighted by molar-refractivity contribution is 6.73. The largest absolute Gasteiger partial charge is 0.414 e. The minimum Gasteiger partial charge on any atom is -0.414 e. The first-order chi connectivity index (χ1) is 11.5. The molecule has 0 bridgehead atoms. The van der Waals surface area contributed by atoms with Gasteiger partial charge in [0, 0.05) is 12.7 Å². The van der Waals surface area contributed by atoms with Gasteiger partial charge in [0.1, 0.15) is 0 Å². The van der Waals surface area contributed by atoms with E-state index >= 15 is 0 Å². The van der Waals surface area contributed by atoms with Crippen LogP contribution in [0.25, 0.3) is 0 Å². The first kappa shape index (κ1) is 20.4. The summed E-state index contributed by atoms with van der Waals surface area (Å²) in [6.07, 6.45) is 9.48. The van der Waals surface area contributed by atoms with E-state index in [9.17, 15) is 5.11 Å². The minimum atomic E-state index is -1.50. The summed E-state index contributed by atoms with van der Waals surface area (Å²) in [5.41, 5.74) is 0.479. The Morgan fingerprint density at radius 3 is 2.38 bits per heavy atom. The summed E-state index contributed by atoms with van der Waals surface area (Å²) >= 11 is 0. The Morgan fingerprint density at radius 2 is 1.79 bits per heavy atom. The van der Waals surface area contributed by atoms with E-state index in [0.29, 0.717) is 18.1 Å². The van der Waals surface area contributed by atoms with Crippen molar-refractivity contribution in [3.63, 3.8) is 0 Å². The maximum absolute atomic E-state index is 9.19. The van der Waals surface area contributed by atoms with E-state index in [4.69, 9.17) is 4.43 Å². The van der Waals surface area contributed by atoms with E-state index in [0.717, 1.165) is 24.2 Å². The van der Waals surface area contributed by atoms with E-state index in [2.05, 4.69) is 34.6 Å². The molecule has 0 amide bonds. The maximum atomic E-state index is 9.19. The van der Waals surface area contributed by atoms with Crippen LogP contribution >= 0.6 is 0 Å². The summed E-state index contributed by atoms with van der Waals surface area (Å²) in [4.78, 5) is 0. The van der Waals surface area contributed by atoms with Gasteiger partial charge in [-0.25, -0.2) is 0 Å². The monoisotopic (exact) mass is 354 g/mol. The van der Waals surface area contributed by atoms with Gasteiger partial charge in [0.2, 0.25) is 0 Å². The highest BCUT2D eigenvalue weighted by Crippen LogP contribution is 2.59. The van der Waals surface area contributed by atoms with Crippen LogP contribution in [0.4, 0.5) is 0 Å². The molecule has 2 nitrogen and oxygen atoms in total. The molecule has 0 aliphatic heterocycles. The van der Waals surface area contributed by atoms with Gasteiger partial charge in [-0.05, 0) is 79.8 Å². The third-order valence-corrected chi connectivity index (χ3v) is 12.6. The number of rotatable bonds is 9. The fourth-order valence-electron chi connectivity index (χ4n) is 6.17. The normalized spacial score (nSPS) is 35.0. The Morgan fingerprint density at radius 1 is 1.12 bits per heavy atom. The predicted molar refractivity (Wildman–Crippen MR) is 106 cm³/mol. The standard InChI is InChI=1S/C21H42O2Si/c1-6-24(7-2,8-3)23-20-12-9-15-21(5)18(13-14-19(20)21)17(4)11-10-16-22/h17-20,22H,6-16H2,1-5H3/t17-,18-,19+,20+,21-/m1/s1. The zero-order valence-corrected chi connectivity index (χ0v) is 17.9. The Kier molecular flexibility index (Phi) is 7.40. The first-order valence-electron chi connectivity index (χ1n) is 10.7. The molecular weight excluding hydrogens is 312 g/mol. The average molecular weight is 355 g/mol. The van der Waals surface area contributed by atoms with Crippen LogP contribution in [0.15, 0.2) is 0 Å². The summed E-state index contributed by atoms with van der Waals surface area (Å²) in [6, 6.07) is 3.82. The second kappa shape index (κ2) is 8.68. The summed E-state index contributed by atoms with van der Waals surface area (Å²) in [6.45, 7) is 12.4. The molecule has 0 radical (unpaired) electrons. The number of fused-ring (bicyclic) bond motifs is 1. The lowest BCUT2D eigenvalue weighted by Gasteiger charge is -2.49. The maximum Gasteiger partial charge on any atom is 0.192 e. The summed E-state index contributed by atoms with van der Waals surface area (Å²) < 4.78 is 7.01. The van der Waals surface area contributed by atoms with E-state index in [-0.39, 0.29) is 0 Å². The molecule has 2 aliphatic carbocycles. The van der Waals surface area contributed by atoms with Crippen LogP contribution in [-0.4, -0.2) is 26.1 Å². The van der Waals surface area contributed by atoms with Crippen molar-refractivity contribution in [1.82, 2.24) is 0 Å². The summed E-state index contributed by atoms with van der Waals surface area (Å²) in [7, 11) is -1.50. The highest BCUT2D eigenvalue weighted by atomic mass is 28.4. The molecule has 5 atom stereocenters. The van der Waals surface area contributed by atoms with Crippen LogP contribution in [0.2, 0.25) is 18.1 Å². The van der Waals surface area contributed by atoms with Crippen LogP contribution in [0.1, 0.15) is 79.6 Å². The Bertz CT molecular complexity index is 374. The highest BCUT2D eigenvalue weighted by Gasteiger charge is 2.53. The van der Waals surface area contributed by atoms with E-state index < -0.39 is 8.32 Å². The summed E-state index contributed by atoms with van der Waals surface area (Å²) in [5, 5.41) is 9.19. The molecule has 0 aromatic heterocycles.